The summed E-state index contributed by atoms with van der Waals surface area (Å²) in [6.07, 6.45) is 0.687. The van der Waals surface area contributed by atoms with Gasteiger partial charge in [-0.3, -0.25) is 13.9 Å². The summed E-state index contributed by atoms with van der Waals surface area (Å²) < 4.78 is 45.6. The molecular formula is C31H37Cl2N3O7S. The molecule has 3 rings (SSSR count). The normalized spacial score (nSPS) is 12.5. The molecule has 0 bridgehead atoms. The van der Waals surface area contributed by atoms with Crippen molar-refractivity contribution in [3.8, 4) is 17.2 Å². The van der Waals surface area contributed by atoms with Gasteiger partial charge < -0.3 is 24.4 Å². The van der Waals surface area contributed by atoms with Crippen molar-refractivity contribution in [2.24, 2.45) is 0 Å². The minimum absolute atomic E-state index is 0.00852. The maximum Gasteiger partial charge on any atom is 0.265 e. The highest BCUT2D eigenvalue weighted by molar-refractivity contribution is 7.92. The van der Waals surface area contributed by atoms with E-state index in [2.05, 4.69) is 5.32 Å². The quantitative estimate of drug-likeness (QED) is 0.240. The zero-order chi connectivity index (χ0) is 32.6. The van der Waals surface area contributed by atoms with Crippen LogP contribution in [0, 0.1) is 0 Å². The number of hydrogen-bond donors (Lipinski definition) is 1. The second-order valence-electron chi connectivity index (χ2n) is 9.99. The molecule has 0 aliphatic heterocycles. The maximum absolute atomic E-state index is 14.3. The fourth-order valence-corrected chi connectivity index (χ4v) is 6.17. The second-order valence-corrected chi connectivity index (χ2v) is 12.7. The van der Waals surface area contributed by atoms with Crippen molar-refractivity contribution in [3.05, 3.63) is 76.3 Å². The predicted octanol–water partition coefficient (Wildman–Crippen LogP) is 5.55. The van der Waals surface area contributed by atoms with E-state index in [1.165, 1.54) is 56.6 Å². The molecule has 238 valence electrons. The Labute approximate surface area is 268 Å². The molecule has 2 amide bonds. The summed E-state index contributed by atoms with van der Waals surface area (Å²) in [6, 6.07) is 14.3. The van der Waals surface area contributed by atoms with Crippen LogP contribution in [0.1, 0.15) is 32.8 Å². The molecule has 0 radical (unpaired) electrons. The van der Waals surface area contributed by atoms with Gasteiger partial charge in [-0.2, -0.15) is 0 Å². The number of hydrogen-bond acceptors (Lipinski definition) is 7. The minimum atomic E-state index is -4.45. The molecular weight excluding hydrogens is 629 g/mol. The van der Waals surface area contributed by atoms with Crippen LogP contribution in [0.15, 0.2) is 65.6 Å². The number of amides is 2. The number of nitrogens with one attached hydrogen (secondary N) is 1. The average Bonchev–Trinajstić information content (AvgIpc) is 3.01. The summed E-state index contributed by atoms with van der Waals surface area (Å²) >= 11 is 12.5. The molecule has 0 spiro atoms. The number of halogens is 2. The first-order valence-corrected chi connectivity index (χ1v) is 16.0. The molecule has 13 heteroatoms. The molecule has 1 N–H and O–H groups in total. The Hall–Kier alpha value is -3.67. The van der Waals surface area contributed by atoms with Gasteiger partial charge in [-0.15, -0.1) is 0 Å². The van der Waals surface area contributed by atoms with Crippen molar-refractivity contribution in [1.82, 2.24) is 10.2 Å². The molecule has 10 nitrogen and oxygen atoms in total. The molecule has 3 aromatic carbocycles. The molecule has 0 aliphatic carbocycles. The molecule has 0 aliphatic rings. The third-order valence-electron chi connectivity index (χ3n) is 7.04. The Morgan fingerprint density at radius 3 is 2.11 bits per heavy atom. The summed E-state index contributed by atoms with van der Waals surface area (Å²) in [4.78, 5) is 28.6. The molecule has 0 saturated carbocycles. The lowest BCUT2D eigenvalue weighted by molar-refractivity contribution is -0.139. The summed E-state index contributed by atoms with van der Waals surface area (Å²) in [5.41, 5.74) is 0.686. The highest BCUT2D eigenvalue weighted by atomic mass is 35.5. The van der Waals surface area contributed by atoms with E-state index < -0.39 is 28.5 Å². The Morgan fingerprint density at radius 2 is 1.50 bits per heavy atom. The molecule has 0 heterocycles. The Morgan fingerprint density at radius 1 is 0.864 bits per heavy atom. The van der Waals surface area contributed by atoms with Gasteiger partial charge in [-0.1, -0.05) is 42.3 Å². The van der Waals surface area contributed by atoms with Crippen molar-refractivity contribution in [2.75, 3.05) is 32.2 Å². The van der Waals surface area contributed by atoms with E-state index in [0.717, 1.165) is 4.31 Å². The first-order chi connectivity index (χ1) is 20.9. The zero-order valence-corrected chi connectivity index (χ0v) is 27.8. The number of sulfonamides is 1. The summed E-state index contributed by atoms with van der Waals surface area (Å²) in [5.74, 6) is -0.374. The van der Waals surface area contributed by atoms with Gasteiger partial charge >= 0.3 is 0 Å². The molecule has 0 aromatic heterocycles. The number of rotatable bonds is 14. The van der Waals surface area contributed by atoms with Crippen LogP contribution in [-0.2, 0) is 26.2 Å². The molecule has 0 unspecified atom stereocenters. The van der Waals surface area contributed by atoms with Crippen LogP contribution in [0.2, 0.25) is 10.0 Å². The van der Waals surface area contributed by atoms with Gasteiger partial charge in [0.1, 0.15) is 18.3 Å². The van der Waals surface area contributed by atoms with Gasteiger partial charge in [-0.25, -0.2) is 8.42 Å². The standard InChI is InChI=1S/C31H37Cl2N3O7S/c1-7-20(2)34-31(38)21(3)35(18-22-9-8-10-23(32)15-22)30(37)19-36(26-16-24(33)11-13-27(26)41-4)44(39,40)25-12-14-28(42-5)29(17-25)43-6/h8-17,20-21H,7,18-19H2,1-6H3,(H,34,38)/t20-,21+/m1/s1. The minimum Gasteiger partial charge on any atom is -0.495 e. The largest absolute Gasteiger partial charge is 0.495 e. The van der Waals surface area contributed by atoms with Crippen LogP contribution in [0.25, 0.3) is 0 Å². The van der Waals surface area contributed by atoms with Gasteiger partial charge in [0, 0.05) is 28.7 Å². The molecule has 2 atom stereocenters. The van der Waals surface area contributed by atoms with Crippen molar-refractivity contribution in [1.29, 1.82) is 0 Å². The lowest BCUT2D eigenvalue weighted by Crippen LogP contribution is -2.52. The van der Waals surface area contributed by atoms with Crippen LogP contribution in [-0.4, -0.2) is 65.1 Å². The van der Waals surface area contributed by atoms with Crippen molar-refractivity contribution in [3.63, 3.8) is 0 Å². The van der Waals surface area contributed by atoms with E-state index in [-0.39, 0.29) is 45.6 Å². The van der Waals surface area contributed by atoms with Crippen molar-refractivity contribution >= 4 is 50.7 Å². The van der Waals surface area contributed by atoms with Crippen molar-refractivity contribution < 1.29 is 32.2 Å². The Bertz CT molecular complexity index is 1590. The first kappa shape index (κ1) is 34.8. The fourth-order valence-electron chi connectivity index (χ4n) is 4.36. The highest BCUT2D eigenvalue weighted by Crippen LogP contribution is 2.37. The number of carbonyl (C=O) groups is 2. The third kappa shape index (κ3) is 8.28. The highest BCUT2D eigenvalue weighted by Gasteiger charge is 2.34. The molecule has 3 aromatic rings. The third-order valence-corrected chi connectivity index (χ3v) is 9.27. The lowest BCUT2D eigenvalue weighted by Gasteiger charge is -2.33. The number of benzene rings is 3. The van der Waals surface area contributed by atoms with E-state index in [9.17, 15) is 18.0 Å². The van der Waals surface area contributed by atoms with Crippen LogP contribution < -0.4 is 23.8 Å². The van der Waals surface area contributed by atoms with Crippen LogP contribution in [0.3, 0.4) is 0 Å². The van der Waals surface area contributed by atoms with Gasteiger partial charge in [0.25, 0.3) is 10.0 Å². The molecule has 44 heavy (non-hydrogen) atoms. The van der Waals surface area contributed by atoms with E-state index >= 15 is 0 Å². The van der Waals surface area contributed by atoms with E-state index in [4.69, 9.17) is 37.4 Å². The number of methoxy groups -OCH3 is 3. The fraction of sp³-hybridized carbons (Fsp3) is 0.355. The summed E-state index contributed by atoms with van der Waals surface area (Å²) in [6.45, 7) is 4.68. The number of carbonyl (C=O) groups excluding carboxylic acids is 2. The smallest absolute Gasteiger partial charge is 0.265 e. The maximum atomic E-state index is 14.3. The van der Waals surface area contributed by atoms with Crippen LogP contribution in [0.5, 0.6) is 17.2 Å². The van der Waals surface area contributed by atoms with E-state index in [1.807, 2.05) is 13.8 Å². The number of ether oxygens (including phenoxy) is 3. The molecule has 0 saturated heterocycles. The number of anilines is 1. The summed E-state index contributed by atoms with van der Waals surface area (Å²) in [5, 5.41) is 3.57. The topological polar surface area (TPSA) is 114 Å². The second kappa shape index (κ2) is 15.4. The number of nitrogens with zero attached hydrogens (tertiary/aromatic N) is 2. The Kier molecular flexibility index (Phi) is 12.2. The van der Waals surface area contributed by atoms with Gasteiger partial charge in [-0.05, 0) is 68.3 Å². The monoisotopic (exact) mass is 665 g/mol. The van der Waals surface area contributed by atoms with Gasteiger partial charge in [0.15, 0.2) is 11.5 Å². The Balaban J connectivity index is 2.15. The average molecular weight is 667 g/mol. The summed E-state index contributed by atoms with van der Waals surface area (Å²) in [7, 11) is -0.255. The van der Waals surface area contributed by atoms with Crippen molar-refractivity contribution in [2.45, 2.75) is 50.7 Å². The van der Waals surface area contributed by atoms with Gasteiger partial charge in [0.05, 0.1) is 31.9 Å². The van der Waals surface area contributed by atoms with E-state index in [1.54, 1.807) is 37.3 Å². The van der Waals surface area contributed by atoms with Crippen LogP contribution in [0.4, 0.5) is 5.69 Å². The SMILES string of the molecule is CC[C@@H](C)NC(=O)[C@H](C)N(Cc1cccc(Cl)c1)C(=O)CN(c1cc(Cl)ccc1OC)S(=O)(=O)c1ccc(OC)c(OC)c1. The van der Waals surface area contributed by atoms with E-state index in [0.29, 0.717) is 22.8 Å². The molecule has 0 fully saturated rings. The zero-order valence-electron chi connectivity index (χ0n) is 25.5. The van der Waals surface area contributed by atoms with Gasteiger partial charge in [0.2, 0.25) is 11.8 Å². The predicted molar refractivity (Wildman–Crippen MR) is 171 cm³/mol. The van der Waals surface area contributed by atoms with Crippen LogP contribution >= 0.6 is 23.2 Å². The lowest BCUT2D eigenvalue weighted by atomic mass is 10.1. The first-order valence-electron chi connectivity index (χ1n) is 13.8.